The van der Waals surface area contributed by atoms with Crippen LogP contribution in [0.15, 0.2) is 0 Å². The van der Waals surface area contributed by atoms with E-state index in [2.05, 4.69) is 31.0 Å². The van der Waals surface area contributed by atoms with Crippen LogP contribution in [-0.2, 0) is 0 Å². The minimum atomic E-state index is 0.728. The fourth-order valence-corrected chi connectivity index (χ4v) is 4.29. The van der Waals surface area contributed by atoms with E-state index in [9.17, 15) is 0 Å². The van der Waals surface area contributed by atoms with Gasteiger partial charge in [0.25, 0.3) is 0 Å². The summed E-state index contributed by atoms with van der Waals surface area (Å²) in [6.45, 7) is 10.9. The average molecular weight is 281 g/mol. The molecule has 20 heavy (non-hydrogen) atoms. The molecule has 1 heterocycles. The molecule has 1 saturated heterocycles. The highest BCUT2D eigenvalue weighted by molar-refractivity contribution is 4.85. The molecule has 2 fully saturated rings. The second-order valence-corrected chi connectivity index (χ2v) is 7.59. The number of rotatable bonds is 5. The van der Waals surface area contributed by atoms with Crippen LogP contribution in [0.25, 0.3) is 0 Å². The van der Waals surface area contributed by atoms with E-state index in [1.165, 1.54) is 71.0 Å². The molecule has 1 aliphatic heterocycles. The van der Waals surface area contributed by atoms with Gasteiger partial charge in [0.05, 0.1) is 0 Å². The van der Waals surface area contributed by atoms with Gasteiger partial charge in [-0.2, -0.15) is 0 Å². The zero-order valence-electron chi connectivity index (χ0n) is 14.0. The highest BCUT2D eigenvalue weighted by Crippen LogP contribution is 2.31. The Morgan fingerprint density at radius 3 is 2.55 bits per heavy atom. The molecule has 0 aromatic heterocycles. The molecule has 2 aliphatic rings. The van der Waals surface area contributed by atoms with E-state index in [-0.39, 0.29) is 0 Å². The Morgan fingerprint density at radius 2 is 1.90 bits per heavy atom. The standard InChI is InChI=1S/C18H36N2/c1-4-6-16-7-9-18(10-8-16)20-12-5-11-19-17(14-20)13-15(2)3/h15-19H,4-14H2,1-3H3. The second kappa shape index (κ2) is 8.38. The second-order valence-electron chi connectivity index (χ2n) is 7.59. The summed E-state index contributed by atoms with van der Waals surface area (Å²) in [5, 5.41) is 3.77. The van der Waals surface area contributed by atoms with Gasteiger partial charge in [-0.3, -0.25) is 4.90 Å². The zero-order valence-corrected chi connectivity index (χ0v) is 14.0. The van der Waals surface area contributed by atoms with Gasteiger partial charge < -0.3 is 5.32 Å². The topological polar surface area (TPSA) is 15.3 Å². The maximum Gasteiger partial charge on any atom is 0.0197 e. The molecule has 0 radical (unpaired) electrons. The van der Waals surface area contributed by atoms with Gasteiger partial charge in [0.15, 0.2) is 0 Å². The highest BCUT2D eigenvalue weighted by atomic mass is 15.2. The van der Waals surface area contributed by atoms with Crippen LogP contribution in [-0.4, -0.2) is 36.6 Å². The van der Waals surface area contributed by atoms with Gasteiger partial charge in [0.1, 0.15) is 0 Å². The van der Waals surface area contributed by atoms with E-state index >= 15 is 0 Å². The van der Waals surface area contributed by atoms with Crippen LogP contribution >= 0.6 is 0 Å². The Labute approximate surface area is 126 Å². The Morgan fingerprint density at radius 1 is 1.15 bits per heavy atom. The van der Waals surface area contributed by atoms with Crippen molar-refractivity contribution >= 4 is 0 Å². The van der Waals surface area contributed by atoms with Crippen molar-refractivity contribution < 1.29 is 0 Å². The van der Waals surface area contributed by atoms with Crippen molar-refractivity contribution in [2.24, 2.45) is 11.8 Å². The summed E-state index contributed by atoms with van der Waals surface area (Å²) in [6, 6.07) is 1.61. The molecule has 2 rings (SSSR count). The third-order valence-electron chi connectivity index (χ3n) is 5.30. The van der Waals surface area contributed by atoms with Gasteiger partial charge in [-0.25, -0.2) is 0 Å². The van der Waals surface area contributed by atoms with E-state index < -0.39 is 0 Å². The van der Waals surface area contributed by atoms with Crippen molar-refractivity contribution in [3.63, 3.8) is 0 Å². The van der Waals surface area contributed by atoms with E-state index in [4.69, 9.17) is 0 Å². The smallest absolute Gasteiger partial charge is 0.0197 e. The molecule has 1 N–H and O–H groups in total. The average Bonchev–Trinajstić information content (AvgIpc) is 2.65. The van der Waals surface area contributed by atoms with Crippen molar-refractivity contribution in [1.82, 2.24) is 10.2 Å². The summed E-state index contributed by atoms with van der Waals surface area (Å²) in [5.41, 5.74) is 0. The minimum absolute atomic E-state index is 0.728. The summed E-state index contributed by atoms with van der Waals surface area (Å²) in [7, 11) is 0. The first-order valence-electron chi connectivity index (χ1n) is 9.16. The molecule has 0 amide bonds. The first-order valence-corrected chi connectivity index (χ1v) is 9.16. The van der Waals surface area contributed by atoms with Crippen molar-refractivity contribution in [3.8, 4) is 0 Å². The summed E-state index contributed by atoms with van der Waals surface area (Å²) in [6.07, 6.45) is 11.4. The Bertz CT molecular complexity index is 256. The molecule has 2 nitrogen and oxygen atoms in total. The van der Waals surface area contributed by atoms with Gasteiger partial charge >= 0.3 is 0 Å². The van der Waals surface area contributed by atoms with Gasteiger partial charge in [0, 0.05) is 18.6 Å². The normalized spacial score (nSPS) is 33.3. The van der Waals surface area contributed by atoms with E-state index in [1.807, 2.05) is 0 Å². The molecule has 0 bridgehead atoms. The van der Waals surface area contributed by atoms with E-state index in [0.29, 0.717) is 0 Å². The molecule has 2 heteroatoms. The third-order valence-corrected chi connectivity index (χ3v) is 5.30. The number of nitrogens with zero attached hydrogens (tertiary/aromatic N) is 1. The van der Waals surface area contributed by atoms with Gasteiger partial charge in [-0.05, 0) is 63.5 Å². The van der Waals surface area contributed by atoms with Gasteiger partial charge in [-0.15, -0.1) is 0 Å². The van der Waals surface area contributed by atoms with Crippen LogP contribution in [0.5, 0.6) is 0 Å². The quantitative estimate of drug-likeness (QED) is 0.817. The summed E-state index contributed by atoms with van der Waals surface area (Å²) in [5.74, 6) is 1.85. The molecule has 0 aromatic rings. The first-order chi connectivity index (χ1) is 9.69. The fraction of sp³-hybridized carbons (Fsp3) is 1.00. The molecular weight excluding hydrogens is 244 g/mol. The highest BCUT2D eigenvalue weighted by Gasteiger charge is 2.28. The van der Waals surface area contributed by atoms with Crippen LogP contribution in [0, 0.1) is 11.8 Å². The predicted octanol–water partition coefficient (Wildman–Crippen LogP) is 4.06. The lowest BCUT2D eigenvalue weighted by molar-refractivity contribution is 0.128. The lowest BCUT2D eigenvalue weighted by Crippen LogP contribution is -2.44. The Hall–Kier alpha value is -0.0800. The first kappa shape index (κ1) is 16.3. The summed E-state index contributed by atoms with van der Waals surface area (Å²) in [4.78, 5) is 2.83. The Kier molecular flexibility index (Phi) is 6.83. The van der Waals surface area contributed by atoms with Crippen LogP contribution in [0.1, 0.15) is 72.1 Å². The Balaban J connectivity index is 1.81. The van der Waals surface area contributed by atoms with Crippen molar-refractivity contribution in [2.45, 2.75) is 84.2 Å². The third kappa shape index (κ3) is 5.04. The maximum absolute atomic E-state index is 3.77. The molecule has 1 atom stereocenters. The van der Waals surface area contributed by atoms with Crippen LogP contribution in [0.2, 0.25) is 0 Å². The monoisotopic (exact) mass is 280 g/mol. The zero-order chi connectivity index (χ0) is 14.4. The molecule has 1 saturated carbocycles. The maximum atomic E-state index is 3.77. The van der Waals surface area contributed by atoms with Crippen molar-refractivity contribution in [3.05, 3.63) is 0 Å². The number of hydrogen-bond acceptors (Lipinski definition) is 2. The van der Waals surface area contributed by atoms with E-state index in [0.717, 1.165) is 23.9 Å². The van der Waals surface area contributed by atoms with Crippen LogP contribution < -0.4 is 5.32 Å². The minimum Gasteiger partial charge on any atom is -0.313 e. The summed E-state index contributed by atoms with van der Waals surface area (Å²) < 4.78 is 0. The number of hydrogen-bond donors (Lipinski definition) is 1. The van der Waals surface area contributed by atoms with E-state index in [1.54, 1.807) is 0 Å². The molecule has 1 unspecified atom stereocenters. The van der Waals surface area contributed by atoms with Crippen molar-refractivity contribution in [1.29, 1.82) is 0 Å². The van der Waals surface area contributed by atoms with Crippen molar-refractivity contribution in [2.75, 3.05) is 19.6 Å². The SMILES string of the molecule is CCCC1CCC(N2CCCNC(CC(C)C)C2)CC1. The molecule has 0 spiro atoms. The van der Waals surface area contributed by atoms with Crippen LogP contribution in [0.3, 0.4) is 0 Å². The molecule has 118 valence electrons. The fourth-order valence-electron chi connectivity index (χ4n) is 4.29. The number of nitrogens with one attached hydrogen (secondary N) is 1. The molecule has 0 aromatic carbocycles. The largest absolute Gasteiger partial charge is 0.313 e. The van der Waals surface area contributed by atoms with Gasteiger partial charge in [0.2, 0.25) is 0 Å². The lowest BCUT2D eigenvalue weighted by atomic mass is 9.83. The summed E-state index contributed by atoms with van der Waals surface area (Å²) >= 11 is 0. The molecule has 1 aliphatic carbocycles. The predicted molar refractivity (Wildman–Crippen MR) is 88.1 cm³/mol. The molecular formula is C18H36N2. The van der Waals surface area contributed by atoms with Gasteiger partial charge in [-0.1, -0.05) is 33.6 Å². The van der Waals surface area contributed by atoms with Crippen LogP contribution in [0.4, 0.5) is 0 Å². The lowest BCUT2D eigenvalue weighted by Gasteiger charge is -2.37.